The lowest BCUT2D eigenvalue weighted by Gasteiger charge is -2.38. The molecular weight excluding hydrogens is 238 g/mol. The van der Waals surface area contributed by atoms with Crippen molar-refractivity contribution < 1.29 is 4.79 Å². The molecule has 0 spiro atoms. The van der Waals surface area contributed by atoms with E-state index < -0.39 is 0 Å². The number of amides is 1. The molecule has 1 fully saturated rings. The molecule has 1 aliphatic rings. The summed E-state index contributed by atoms with van der Waals surface area (Å²) in [4.78, 5) is 16.7. The predicted octanol–water partition coefficient (Wildman–Crippen LogP) is 0.850. The number of rotatable bonds is 3. The Labute approximate surface area is 115 Å². The van der Waals surface area contributed by atoms with Gasteiger partial charge in [0.2, 0.25) is 5.91 Å². The minimum Gasteiger partial charge on any atom is -0.337 e. The molecule has 4 heteroatoms. The van der Waals surface area contributed by atoms with Crippen LogP contribution in [0.1, 0.15) is 18.1 Å². The second-order valence-corrected chi connectivity index (χ2v) is 5.35. The number of likely N-dealkylation sites (N-methyl/N-ethyl adjacent to an activating group) is 1. The van der Waals surface area contributed by atoms with Gasteiger partial charge in [0.1, 0.15) is 0 Å². The molecule has 1 atom stereocenters. The molecule has 1 aromatic rings. The fraction of sp³-hybridized carbons (Fsp3) is 0.533. The van der Waals surface area contributed by atoms with Crippen LogP contribution in [0.2, 0.25) is 0 Å². The maximum absolute atomic E-state index is 12.4. The van der Waals surface area contributed by atoms with Crippen molar-refractivity contribution in [3.05, 3.63) is 35.4 Å². The SMILES string of the molecule is CC1CN(C)CCN1C(=O)Cc1ccccc1CN. The van der Waals surface area contributed by atoms with Crippen LogP contribution in [-0.4, -0.2) is 48.4 Å². The Bertz CT molecular complexity index is 447. The van der Waals surface area contributed by atoms with Gasteiger partial charge in [-0.3, -0.25) is 4.79 Å². The van der Waals surface area contributed by atoms with Crippen molar-refractivity contribution in [2.24, 2.45) is 5.73 Å². The molecule has 0 saturated carbocycles. The molecule has 1 aliphatic heterocycles. The van der Waals surface area contributed by atoms with Crippen LogP contribution in [0.4, 0.5) is 0 Å². The van der Waals surface area contributed by atoms with E-state index in [4.69, 9.17) is 5.73 Å². The van der Waals surface area contributed by atoms with Crippen LogP contribution in [0, 0.1) is 0 Å². The minimum atomic E-state index is 0.210. The molecule has 0 bridgehead atoms. The number of benzene rings is 1. The molecule has 2 N–H and O–H groups in total. The van der Waals surface area contributed by atoms with Crippen molar-refractivity contribution in [1.82, 2.24) is 9.80 Å². The Kier molecular flexibility index (Phi) is 4.56. The van der Waals surface area contributed by atoms with Gasteiger partial charge in [-0.25, -0.2) is 0 Å². The monoisotopic (exact) mass is 261 g/mol. The summed E-state index contributed by atoms with van der Waals surface area (Å²) in [5.74, 6) is 0.210. The van der Waals surface area contributed by atoms with E-state index in [1.807, 2.05) is 29.2 Å². The lowest BCUT2D eigenvalue weighted by atomic mass is 10.0. The molecule has 104 valence electrons. The molecule has 19 heavy (non-hydrogen) atoms. The molecule has 1 unspecified atom stereocenters. The van der Waals surface area contributed by atoms with Crippen molar-refractivity contribution in [3.8, 4) is 0 Å². The smallest absolute Gasteiger partial charge is 0.227 e. The molecule has 0 radical (unpaired) electrons. The Morgan fingerprint density at radius 1 is 1.32 bits per heavy atom. The summed E-state index contributed by atoms with van der Waals surface area (Å²) in [6.45, 7) is 5.32. The second kappa shape index (κ2) is 6.17. The first kappa shape index (κ1) is 14.0. The third-order valence-electron chi connectivity index (χ3n) is 3.83. The van der Waals surface area contributed by atoms with Crippen LogP contribution in [-0.2, 0) is 17.8 Å². The highest BCUT2D eigenvalue weighted by molar-refractivity contribution is 5.79. The predicted molar refractivity (Wildman–Crippen MR) is 76.7 cm³/mol. The van der Waals surface area contributed by atoms with Gasteiger partial charge >= 0.3 is 0 Å². The van der Waals surface area contributed by atoms with Gasteiger partial charge in [0.05, 0.1) is 6.42 Å². The van der Waals surface area contributed by atoms with Gasteiger partial charge in [-0.05, 0) is 25.1 Å². The summed E-state index contributed by atoms with van der Waals surface area (Å²) in [5.41, 5.74) is 7.84. The Morgan fingerprint density at radius 3 is 2.63 bits per heavy atom. The topological polar surface area (TPSA) is 49.6 Å². The first-order chi connectivity index (χ1) is 9.11. The summed E-state index contributed by atoms with van der Waals surface area (Å²) in [7, 11) is 2.10. The number of nitrogens with two attached hydrogens (primary N) is 1. The van der Waals surface area contributed by atoms with Crippen LogP contribution in [0.25, 0.3) is 0 Å². The zero-order chi connectivity index (χ0) is 13.8. The van der Waals surface area contributed by atoms with Gasteiger partial charge in [-0.2, -0.15) is 0 Å². The van der Waals surface area contributed by atoms with Crippen LogP contribution < -0.4 is 5.73 Å². The highest BCUT2D eigenvalue weighted by Gasteiger charge is 2.25. The largest absolute Gasteiger partial charge is 0.337 e. The Morgan fingerprint density at radius 2 is 2.00 bits per heavy atom. The van der Waals surface area contributed by atoms with Gasteiger partial charge in [0, 0.05) is 32.2 Å². The zero-order valence-electron chi connectivity index (χ0n) is 11.8. The van der Waals surface area contributed by atoms with Gasteiger partial charge in [-0.1, -0.05) is 24.3 Å². The number of nitrogens with zero attached hydrogens (tertiary/aromatic N) is 2. The first-order valence-corrected chi connectivity index (χ1v) is 6.86. The Balaban J connectivity index is 2.04. The van der Waals surface area contributed by atoms with Crippen molar-refractivity contribution in [3.63, 3.8) is 0 Å². The van der Waals surface area contributed by atoms with E-state index in [-0.39, 0.29) is 11.9 Å². The first-order valence-electron chi connectivity index (χ1n) is 6.86. The van der Waals surface area contributed by atoms with Gasteiger partial charge in [-0.15, -0.1) is 0 Å². The highest BCUT2D eigenvalue weighted by atomic mass is 16.2. The average molecular weight is 261 g/mol. The third-order valence-corrected chi connectivity index (χ3v) is 3.83. The molecule has 0 aromatic heterocycles. The molecule has 1 amide bonds. The summed E-state index contributed by atoms with van der Waals surface area (Å²) < 4.78 is 0. The van der Waals surface area contributed by atoms with E-state index in [9.17, 15) is 4.79 Å². The zero-order valence-corrected chi connectivity index (χ0v) is 11.8. The summed E-state index contributed by atoms with van der Waals surface area (Å²) in [6, 6.07) is 8.22. The quantitative estimate of drug-likeness (QED) is 0.877. The minimum absolute atomic E-state index is 0.210. The molecule has 1 aromatic carbocycles. The standard InChI is InChI=1S/C15H23N3O/c1-12-11-17(2)7-8-18(12)15(19)9-13-5-3-4-6-14(13)10-16/h3-6,12H,7-11,16H2,1-2H3. The average Bonchev–Trinajstić information content (AvgIpc) is 2.39. The molecule has 1 heterocycles. The van der Waals surface area contributed by atoms with Crippen LogP contribution in [0.3, 0.4) is 0 Å². The number of carbonyl (C=O) groups excluding carboxylic acids is 1. The van der Waals surface area contributed by atoms with Crippen LogP contribution in [0.5, 0.6) is 0 Å². The molecule has 1 saturated heterocycles. The van der Waals surface area contributed by atoms with E-state index >= 15 is 0 Å². The summed E-state index contributed by atoms with van der Waals surface area (Å²) in [6.07, 6.45) is 0.460. The van der Waals surface area contributed by atoms with E-state index in [2.05, 4.69) is 18.9 Å². The molecule has 2 rings (SSSR count). The highest BCUT2D eigenvalue weighted by Crippen LogP contribution is 2.14. The molecular formula is C15H23N3O. The van der Waals surface area contributed by atoms with Crippen LogP contribution >= 0.6 is 0 Å². The third kappa shape index (κ3) is 3.33. The van der Waals surface area contributed by atoms with Crippen molar-refractivity contribution in [2.45, 2.75) is 25.9 Å². The summed E-state index contributed by atoms with van der Waals surface area (Å²) >= 11 is 0. The van der Waals surface area contributed by atoms with Gasteiger partial charge in [0.25, 0.3) is 0 Å². The maximum Gasteiger partial charge on any atom is 0.227 e. The van der Waals surface area contributed by atoms with Crippen molar-refractivity contribution in [2.75, 3.05) is 26.7 Å². The second-order valence-electron chi connectivity index (χ2n) is 5.35. The number of hydrogen-bond donors (Lipinski definition) is 1. The lowest BCUT2D eigenvalue weighted by molar-refractivity contribution is -0.134. The fourth-order valence-corrected chi connectivity index (χ4v) is 2.70. The van der Waals surface area contributed by atoms with E-state index in [1.54, 1.807) is 0 Å². The van der Waals surface area contributed by atoms with Crippen molar-refractivity contribution in [1.29, 1.82) is 0 Å². The van der Waals surface area contributed by atoms with E-state index in [1.165, 1.54) is 0 Å². The normalized spacial score (nSPS) is 20.6. The van der Waals surface area contributed by atoms with E-state index in [0.29, 0.717) is 13.0 Å². The fourth-order valence-electron chi connectivity index (χ4n) is 2.70. The molecule has 0 aliphatic carbocycles. The van der Waals surface area contributed by atoms with Crippen LogP contribution in [0.15, 0.2) is 24.3 Å². The van der Waals surface area contributed by atoms with Crippen molar-refractivity contribution >= 4 is 5.91 Å². The van der Waals surface area contributed by atoms with Gasteiger partial charge < -0.3 is 15.5 Å². The van der Waals surface area contributed by atoms with E-state index in [0.717, 1.165) is 30.8 Å². The number of piperazine rings is 1. The maximum atomic E-state index is 12.4. The summed E-state index contributed by atoms with van der Waals surface area (Å²) in [5, 5.41) is 0. The molecule has 4 nitrogen and oxygen atoms in total. The van der Waals surface area contributed by atoms with Gasteiger partial charge in [0.15, 0.2) is 0 Å². The lowest BCUT2D eigenvalue weighted by Crippen LogP contribution is -2.53. The number of carbonyl (C=O) groups is 1. The Hall–Kier alpha value is -1.39. The number of hydrogen-bond acceptors (Lipinski definition) is 3.